The molecule has 6 nitrogen and oxygen atoms in total. The number of aryl methyl sites for hydroxylation is 1. The van der Waals surface area contributed by atoms with E-state index in [1.54, 1.807) is 0 Å². The summed E-state index contributed by atoms with van der Waals surface area (Å²) < 4.78 is 5.96. The highest BCUT2D eigenvalue weighted by atomic mass is 16.5. The number of ether oxygens (including phenoxy) is 1. The topological polar surface area (TPSA) is 85.1 Å². The molecule has 6 heteroatoms. The molecule has 4 N–H and O–H groups in total. The summed E-state index contributed by atoms with van der Waals surface area (Å²) in [5.74, 6) is 0.902. The highest BCUT2D eigenvalue weighted by Crippen LogP contribution is 2.31. The zero-order valence-corrected chi connectivity index (χ0v) is 19.0. The van der Waals surface area contributed by atoms with Crippen molar-refractivity contribution in [3.05, 3.63) is 101 Å². The first-order chi connectivity index (χ1) is 16.1. The number of aromatic nitrogens is 2. The van der Waals surface area contributed by atoms with Crippen molar-refractivity contribution < 1.29 is 4.74 Å². The minimum Gasteiger partial charge on any atom is -0.381 e. The van der Waals surface area contributed by atoms with E-state index in [9.17, 15) is 0 Å². The molecule has 0 saturated carbocycles. The van der Waals surface area contributed by atoms with E-state index in [-0.39, 0.29) is 5.95 Å². The van der Waals surface area contributed by atoms with Crippen LogP contribution in [0.5, 0.6) is 0 Å². The Morgan fingerprint density at radius 2 is 1.55 bits per heavy atom. The Hall–Kier alpha value is -3.90. The summed E-state index contributed by atoms with van der Waals surface area (Å²) in [7, 11) is 1.83. The quantitative estimate of drug-likeness (QED) is 0.324. The van der Waals surface area contributed by atoms with Gasteiger partial charge < -0.3 is 21.1 Å². The van der Waals surface area contributed by atoms with E-state index in [1.807, 2.05) is 37.4 Å². The van der Waals surface area contributed by atoms with Crippen LogP contribution in [0.2, 0.25) is 0 Å². The lowest BCUT2D eigenvalue weighted by atomic mass is 10.0. The van der Waals surface area contributed by atoms with Crippen molar-refractivity contribution in [3.63, 3.8) is 0 Å². The highest BCUT2D eigenvalue weighted by Gasteiger charge is 2.15. The van der Waals surface area contributed by atoms with Gasteiger partial charge in [-0.3, -0.25) is 0 Å². The van der Waals surface area contributed by atoms with Crippen LogP contribution in [0.15, 0.2) is 78.9 Å². The van der Waals surface area contributed by atoms with Crippen LogP contribution in [0, 0.1) is 6.92 Å². The molecule has 0 unspecified atom stereocenters. The maximum Gasteiger partial charge on any atom is 0.222 e. The summed E-state index contributed by atoms with van der Waals surface area (Å²) in [5, 5.41) is 6.62. The van der Waals surface area contributed by atoms with Crippen molar-refractivity contribution in [2.75, 3.05) is 23.4 Å². The Balaban J connectivity index is 1.50. The molecule has 1 aromatic heterocycles. The van der Waals surface area contributed by atoms with Crippen molar-refractivity contribution in [1.29, 1.82) is 0 Å². The van der Waals surface area contributed by atoms with Crippen LogP contribution in [0.25, 0.3) is 11.1 Å². The molecule has 0 radical (unpaired) electrons. The summed E-state index contributed by atoms with van der Waals surface area (Å²) in [6, 6.07) is 26.9. The standard InChI is InChI=1S/C27H29N5O/c1-19-8-10-20(11-9-19)16-30-23-14-12-22(13-15-23)25-24(31-27(28)32-26(25)29-2)18-33-17-21-6-4-3-5-7-21/h3-15,30H,16-18H2,1-2H3,(H3,28,29,31,32). The number of nitrogens with two attached hydrogens (primary N) is 1. The average molecular weight is 440 g/mol. The summed E-state index contributed by atoms with van der Waals surface area (Å²) in [6.45, 7) is 3.70. The SMILES string of the molecule is CNc1nc(N)nc(COCc2ccccc2)c1-c1ccc(NCc2ccc(C)cc2)cc1. The molecule has 0 aliphatic carbocycles. The van der Waals surface area contributed by atoms with Crippen LogP contribution in [-0.4, -0.2) is 17.0 Å². The zero-order valence-electron chi connectivity index (χ0n) is 19.0. The number of rotatable bonds is 9. The average Bonchev–Trinajstić information content (AvgIpc) is 2.84. The summed E-state index contributed by atoms with van der Waals surface area (Å²) in [6.07, 6.45) is 0. The van der Waals surface area contributed by atoms with Gasteiger partial charge in [-0.1, -0.05) is 72.3 Å². The van der Waals surface area contributed by atoms with E-state index in [0.29, 0.717) is 19.0 Å². The minimum absolute atomic E-state index is 0.220. The molecular weight excluding hydrogens is 410 g/mol. The van der Waals surface area contributed by atoms with Crippen molar-refractivity contribution in [3.8, 4) is 11.1 Å². The van der Waals surface area contributed by atoms with E-state index in [1.165, 1.54) is 11.1 Å². The Kier molecular flexibility index (Phi) is 7.17. The number of benzene rings is 3. The number of nitrogens with one attached hydrogen (secondary N) is 2. The normalized spacial score (nSPS) is 10.7. The van der Waals surface area contributed by atoms with Crippen LogP contribution in [-0.2, 0) is 24.5 Å². The fourth-order valence-corrected chi connectivity index (χ4v) is 3.62. The number of nitrogen functional groups attached to an aromatic ring is 1. The molecule has 0 atom stereocenters. The Morgan fingerprint density at radius 3 is 2.24 bits per heavy atom. The monoisotopic (exact) mass is 439 g/mol. The second-order valence-electron chi connectivity index (χ2n) is 7.90. The number of nitrogens with zero attached hydrogens (tertiary/aromatic N) is 2. The van der Waals surface area contributed by atoms with Gasteiger partial charge in [0.25, 0.3) is 0 Å². The van der Waals surface area contributed by atoms with Gasteiger partial charge in [0, 0.05) is 24.8 Å². The van der Waals surface area contributed by atoms with Crippen LogP contribution < -0.4 is 16.4 Å². The third-order valence-electron chi connectivity index (χ3n) is 5.38. The second-order valence-corrected chi connectivity index (χ2v) is 7.90. The molecule has 168 valence electrons. The van der Waals surface area contributed by atoms with Gasteiger partial charge in [0.1, 0.15) is 5.82 Å². The van der Waals surface area contributed by atoms with Crippen molar-refractivity contribution in [2.45, 2.75) is 26.7 Å². The van der Waals surface area contributed by atoms with Crippen molar-refractivity contribution in [1.82, 2.24) is 9.97 Å². The molecule has 4 aromatic rings. The number of anilines is 3. The van der Waals surface area contributed by atoms with E-state index in [4.69, 9.17) is 10.5 Å². The number of hydrogen-bond donors (Lipinski definition) is 3. The predicted octanol–water partition coefficient (Wildman–Crippen LogP) is 5.40. The van der Waals surface area contributed by atoms with Crippen LogP contribution >= 0.6 is 0 Å². The lowest BCUT2D eigenvalue weighted by Gasteiger charge is -2.15. The molecule has 0 spiro atoms. The van der Waals surface area contributed by atoms with E-state index in [2.05, 4.69) is 76.1 Å². The molecule has 4 rings (SSSR count). The third-order valence-corrected chi connectivity index (χ3v) is 5.38. The Labute approximate surface area is 194 Å². The molecule has 0 saturated heterocycles. The summed E-state index contributed by atoms with van der Waals surface area (Å²) in [4.78, 5) is 8.87. The molecule has 33 heavy (non-hydrogen) atoms. The molecule has 3 aromatic carbocycles. The molecule has 1 heterocycles. The van der Waals surface area contributed by atoms with Gasteiger partial charge in [-0.05, 0) is 35.7 Å². The maximum atomic E-state index is 5.97. The first-order valence-corrected chi connectivity index (χ1v) is 11.0. The second kappa shape index (κ2) is 10.6. The predicted molar refractivity (Wildman–Crippen MR) is 135 cm³/mol. The van der Waals surface area contributed by atoms with E-state index < -0.39 is 0 Å². The first-order valence-electron chi connectivity index (χ1n) is 11.0. The highest BCUT2D eigenvalue weighted by molar-refractivity contribution is 5.78. The van der Waals surface area contributed by atoms with Gasteiger partial charge in [0.2, 0.25) is 5.95 Å². The molecular formula is C27H29N5O. The first kappa shape index (κ1) is 22.3. The van der Waals surface area contributed by atoms with Gasteiger partial charge in [-0.15, -0.1) is 0 Å². The van der Waals surface area contributed by atoms with Gasteiger partial charge in [0.05, 0.1) is 18.9 Å². The lowest BCUT2D eigenvalue weighted by Crippen LogP contribution is -2.08. The molecule has 0 fully saturated rings. The fourth-order valence-electron chi connectivity index (χ4n) is 3.62. The van der Waals surface area contributed by atoms with Crippen molar-refractivity contribution in [2.24, 2.45) is 0 Å². The van der Waals surface area contributed by atoms with E-state index in [0.717, 1.165) is 34.6 Å². The van der Waals surface area contributed by atoms with Gasteiger partial charge in [0.15, 0.2) is 0 Å². The Morgan fingerprint density at radius 1 is 0.818 bits per heavy atom. The van der Waals surface area contributed by atoms with Crippen LogP contribution in [0.4, 0.5) is 17.5 Å². The van der Waals surface area contributed by atoms with Gasteiger partial charge >= 0.3 is 0 Å². The van der Waals surface area contributed by atoms with Gasteiger partial charge in [-0.25, -0.2) is 4.98 Å². The smallest absolute Gasteiger partial charge is 0.222 e. The van der Waals surface area contributed by atoms with Crippen molar-refractivity contribution >= 4 is 17.5 Å². The van der Waals surface area contributed by atoms with Crippen LogP contribution in [0.3, 0.4) is 0 Å². The molecule has 0 aliphatic heterocycles. The Bertz CT molecular complexity index is 1180. The van der Waals surface area contributed by atoms with Gasteiger partial charge in [-0.2, -0.15) is 4.98 Å². The summed E-state index contributed by atoms with van der Waals surface area (Å²) in [5.41, 5.74) is 13.3. The van der Waals surface area contributed by atoms with E-state index >= 15 is 0 Å². The fraction of sp³-hybridized carbons (Fsp3) is 0.185. The number of hydrogen-bond acceptors (Lipinski definition) is 6. The largest absolute Gasteiger partial charge is 0.381 e. The minimum atomic E-state index is 0.220. The zero-order chi connectivity index (χ0) is 23.0. The molecule has 0 amide bonds. The lowest BCUT2D eigenvalue weighted by molar-refractivity contribution is 0.105. The maximum absolute atomic E-state index is 5.97. The summed E-state index contributed by atoms with van der Waals surface area (Å²) >= 11 is 0. The molecule has 0 bridgehead atoms. The third kappa shape index (κ3) is 5.87. The van der Waals surface area contributed by atoms with Crippen LogP contribution in [0.1, 0.15) is 22.4 Å². The molecule has 0 aliphatic rings.